The highest BCUT2D eigenvalue weighted by Crippen LogP contribution is 2.45. The van der Waals surface area contributed by atoms with Crippen LogP contribution in [0.5, 0.6) is 0 Å². The van der Waals surface area contributed by atoms with E-state index in [0.717, 1.165) is 29.7 Å². The molecular formula is C15H16ClNO3S2. The van der Waals surface area contributed by atoms with Crippen molar-refractivity contribution >= 4 is 33.0 Å². The van der Waals surface area contributed by atoms with E-state index >= 15 is 0 Å². The van der Waals surface area contributed by atoms with Gasteiger partial charge in [0.05, 0.1) is 4.34 Å². The van der Waals surface area contributed by atoms with Crippen molar-refractivity contribution in [3.8, 4) is 0 Å². The SMILES string of the molecule is O=S(=O)(NC[C@@](O)(c1ccccc1)C1CC1)c1ccc(Cl)s1. The van der Waals surface area contributed by atoms with E-state index in [-0.39, 0.29) is 16.7 Å². The fourth-order valence-corrected chi connectivity index (χ4v) is 5.09. The first-order valence-corrected chi connectivity index (χ1v) is 9.62. The maximum atomic E-state index is 12.3. The number of sulfonamides is 1. The van der Waals surface area contributed by atoms with Gasteiger partial charge in [-0.2, -0.15) is 0 Å². The van der Waals surface area contributed by atoms with Crippen LogP contribution in [0.15, 0.2) is 46.7 Å². The molecule has 1 aliphatic rings. The number of rotatable bonds is 6. The van der Waals surface area contributed by atoms with E-state index in [9.17, 15) is 13.5 Å². The van der Waals surface area contributed by atoms with Gasteiger partial charge in [-0.1, -0.05) is 41.9 Å². The van der Waals surface area contributed by atoms with Crippen molar-refractivity contribution in [1.82, 2.24) is 4.72 Å². The Morgan fingerprint density at radius 3 is 2.45 bits per heavy atom. The predicted molar refractivity (Wildman–Crippen MR) is 87.6 cm³/mol. The molecule has 1 heterocycles. The number of benzene rings is 1. The van der Waals surface area contributed by atoms with Crippen LogP contribution in [-0.2, 0) is 15.6 Å². The quantitative estimate of drug-likeness (QED) is 0.835. The van der Waals surface area contributed by atoms with Crippen molar-refractivity contribution in [1.29, 1.82) is 0 Å². The van der Waals surface area contributed by atoms with E-state index in [2.05, 4.69) is 4.72 Å². The summed E-state index contributed by atoms with van der Waals surface area (Å²) >= 11 is 6.79. The third-order valence-corrected chi connectivity index (χ3v) is 7.00. The molecule has 4 nitrogen and oxygen atoms in total. The molecule has 1 atom stereocenters. The van der Waals surface area contributed by atoms with Gasteiger partial charge < -0.3 is 5.11 Å². The smallest absolute Gasteiger partial charge is 0.250 e. The highest BCUT2D eigenvalue weighted by molar-refractivity contribution is 7.91. The van der Waals surface area contributed by atoms with Gasteiger partial charge in [-0.15, -0.1) is 11.3 Å². The lowest BCUT2D eigenvalue weighted by molar-refractivity contribution is 0.0185. The highest BCUT2D eigenvalue weighted by atomic mass is 35.5. The fourth-order valence-electron chi connectivity index (χ4n) is 2.49. The number of nitrogens with one attached hydrogen (secondary N) is 1. The van der Waals surface area contributed by atoms with Crippen molar-refractivity contribution < 1.29 is 13.5 Å². The zero-order valence-electron chi connectivity index (χ0n) is 11.7. The van der Waals surface area contributed by atoms with Crippen molar-refractivity contribution in [3.05, 3.63) is 52.4 Å². The van der Waals surface area contributed by atoms with Gasteiger partial charge in [0, 0.05) is 6.54 Å². The summed E-state index contributed by atoms with van der Waals surface area (Å²) in [6.07, 6.45) is 1.80. The van der Waals surface area contributed by atoms with Gasteiger partial charge in [-0.05, 0) is 36.5 Å². The van der Waals surface area contributed by atoms with Crippen LogP contribution in [0.4, 0.5) is 0 Å². The molecule has 1 fully saturated rings. The fraction of sp³-hybridized carbons (Fsp3) is 0.333. The molecule has 2 N–H and O–H groups in total. The van der Waals surface area contributed by atoms with Gasteiger partial charge in [0.2, 0.25) is 10.0 Å². The maximum absolute atomic E-state index is 12.3. The molecule has 2 aromatic rings. The average molecular weight is 358 g/mol. The van der Waals surface area contributed by atoms with Crippen molar-refractivity contribution in [2.45, 2.75) is 22.7 Å². The molecule has 0 amide bonds. The summed E-state index contributed by atoms with van der Waals surface area (Å²) in [6.45, 7) is -0.0421. The lowest BCUT2D eigenvalue weighted by Crippen LogP contribution is -2.42. The third kappa shape index (κ3) is 3.21. The Labute approximate surface area is 138 Å². The largest absolute Gasteiger partial charge is 0.383 e. The van der Waals surface area contributed by atoms with Crippen molar-refractivity contribution in [2.24, 2.45) is 5.92 Å². The molecule has 118 valence electrons. The molecule has 7 heteroatoms. The Hall–Kier alpha value is -0.920. The molecule has 0 bridgehead atoms. The number of hydrogen-bond donors (Lipinski definition) is 2. The Morgan fingerprint density at radius 2 is 1.91 bits per heavy atom. The first kappa shape index (κ1) is 16.0. The Bertz CT molecular complexity index is 756. The summed E-state index contributed by atoms with van der Waals surface area (Å²) in [7, 11) is -3.66. The second-order valence-electron chi connectivity index (χ2n) is 5.45. The summed E-state index contributed by atoms with van der Waals surface area (Å²) in [5.74, 6) is 0.0875. The number of aliphatic hydroxyl groups is 1. The summed E-state index contributed by atoms with van der Waals surface area (Å²) < 4.78 is 27.7. The molecule has 1 aliphatic carbocycles. The molecule has 0 radical (unpaired) electrons. The van der Waals surface area contributed by atoms with Crippen LogP contribution in [-0.4, -0.2) is 20.1 Å². The minimum atomic E-state index is -3.66. The van der Waals surface area contributed by atoms with Crippen LogP contribution in [0.3, 0.4) is 0 Å². The number of thiophene rings is 1. The van der Waals surface area contributed by atoms with Crippen LogP contribution in [0.1, 0.15) is 18.4 Å². The normalized spacial score (nSPS) is 18.1. The minimum absolute atomic E-state index is 0.0421. The minimum Gasteiger partial charge on any atom is -0.383 e. The Morgan fingerprint density at radius 1 is 1.23 bits per heavy atom. The molecule has 0 aliphatic heterocycles. The monoisotopic (exact) mass is 357 g/mol. The topological polar surface area (TPSA) is 66.4 Å². The molecular weight excluding hydrogens is 342 g/mol. The van der Waals surface area contributed by atoms with Gasteiger partial charge in [0.25, 0.3) is 0 Å². The average Bonchev–Trinajstić information content (AvgIpc) is 3.28. The molecule has 0 saturated heterocycles. The number of halogens is 1. The Kier molecular flexibility index (Phi) is 4.31. The lowest BCUT2D eigenvalue weighted by Gasteiger charge is -2.29. The predicted octanol–water partition coefficient (Wildman–Crippen LogP) is 2.98. The molecule has 0 spiro atoms. The van der Waals surface area contributed by atoms with Gasteiger partial charge in [0.1, 0.15) is 9.81 Å². The molecule has 0 unspecified atom stereocenters. The highest BCUT2D eigenvalue weighted by Gasteiger charge is 2.45. The first-order chi connectivity index (χ1) is 10.4. The maximum Gasteiger partial charge on any atom is 0.250 e. The second-order valence-corrected chi connectivity index (χ2v) is 9.16. The van der Waals surface area contributed by atoms with Crippen molar-refractivity contribution in [2.75, 3.05) is 6.54 Å². The molecule has 1 saturated carbocycles. The summed E-state index contributed by atoms with van der Waals surface area (Å²) in [6, 6.07) is 12.2. The van der Waals surface area contributed by atoms with Gasteiger partial charge in [0.15, 0.2) is 0 Å². The van der Waals surface area contributed by atoms with Crippen LogP contribution < -0.4 is 4.72 Å². The van der Waals surface area contributed by atoms with Crippen LogP contribution in [0, 0.1) is 5.92 Å². The molecule has 22 heavy (non-hydrogen) atoms. The van der Waals surface area contributed by atoms with Crippen molar-refractivity contribution in [3.63, 3.8) is 0 Å². The summed E-state index contributed by atoms with van der Waals surface area (Å²) in [5.41, 5.74) is -0.431. The first-order valence-electron chi connectivity index (χ1n) is 6.95. The lowest BCUT2D eigenvalue weighted by atomic mass is 9.89. The second kappa shape index (κ2) is 5.94. The van der Waals surface area contributed by atoms with E-state index in [1.807, 2.05) is 30.3 Å². The van der Waals surface area contributed by atoms with Gasteiger partial charge in [-0.3, -0.25) is 0 Å². The summed E-state index contributed by atoms with van der Waals surface area (Å²) in [5, 5.41) is 11.0. The van der Waals surface area contributed by atoms with Crippen LogP contribution in [0.2, 0.25) is 4.34 Å². The van der Waals surface area contributed by atoms with Crippen LogP contribution >= 0.6 is 22.9 Å². The molecule has 1 aromatic carbocycles. The number of hydrogen-bond acceptors (Lipinski definition) is 4. The third-order valence-electron chi connectivity index (χ3n) is 3.87. The summed E-state index contributed by atoms with van der Waals surface area (Å²) in [4.78, 5) is 0. The van der Waals surface area contributed by atoms with Gasteiger partial charge >= 0.3 is 0 Å². The standard InChI is InChI=1S/C15H16ClNO3S2/c16-13-8-9-14(21-13)22(19,20)17-10-15(18,12-6-7-12)11-4-2-1-3-5-11/h1-5,8-9,12,17-18H,6-7,10H2/t15-/m1/s1. The van der Waals surface area contributed by atoms with E-state index in [4.69, 9.17) is 11.6 Å². The molecule has 3 rings (SSSR count). The molecule has 1 aromatic heterocycles. The Balaban J connectivity index is 1.81. The zero-order valence-corrected chi connectivity index (χ0v) is 14.1. The van der Waals surface area contributed by atoms with E-state index in [1.54, 1.807) is 6.07 Å². The zero-order chi connectivity index (χ0) is 15.8. The van der Waals surface area contributed by atoms with E-state index in [0.29, 0.717) is 4.34 Å². The van der Waals surface area contributed by atoms with Crippen LogP contribution in [0.25, 0.3) is 0 Å². The van der Waals surface area contributed by atoms with Gasteiger partial charge in [-0.25, -0.2) is 13.1 Å². The van der Waals surface area contributed by atoms with E-state index in [1.165, 1.54) is 6.07 Å². The van der Waals surface area contributed by atoms with E-state index < -0.39 is 15.6 Å².